The van der Waals surface area contributed by atoms with Gasteiger partial charge in [-0.3, -0.25) is 4.79 Å². The summed E-state index contributed by atoms with van der Waals surface area (Å²) in [4.78, 5) is 22.4. The van der Waals surface area contributed by atoms with E-state index in [0.29, 0.717) is 13.0 Å². The van der Waals surface area contributed by atoms with E-state index in [9.17, 15) is 14.7 Å². The van der Waals surface area contributed by atoms with E-state index in [1.807, 2.05) is 42.5 Å². The second-order valence-electron chi connectivity index (χ2n) is 5.79. The molecule has 0 saturated heterocycles. The van der Waals surface area contributed by atoms with Gasteiger partial charge in [-0.05, 0) is 24.8 Å². The molecule has 2 aromatic carbocycles. The monoisotopic (exact) mass is 331 g/mol. The molecule has 6 heteroatoms. The molecule has 128 valence electrons. The molecular weight excluding hydrogens is 310 g/mol. The lowest BCUT2D eigenvalue weighted by Crippen LogP contribution is -2.46. The highest BCUT2D eigenvalue weighted by Crippen LogP contribution is 2.25. The van der Waals surface area contributed by atoms with Crippen molar-refractivity contribution in [3.63, 3.8) is 0 Å². The Kier molecular flexibility index (Phi) is 5.76. The van der Waals surface area contributed by atoms with E-state index >= 15 is 0 Å². The van der Waals surface area contributed by atoms with Gasteiger partial charge in [-0.2, -0.15) is 0 Å². The lowest BCUT2D eigenvalue weighted by molar-refractivity contribution is -0.156. The molecule has 0 aromatic heterocycles. The number of amides is 1. The van der Waals surface area contributed by atoms with Crippen LogP contribution in [-0.4, -0.2) is 40.8 Å². The number of benzene rings is 2. The molecule has 3 N–H and O–H groups in total. The maximum atomic E-state index is 11.7. The number of nitrogens with one attached hydrogen (secondary N) is 1. The number of fused-ring (bicyclic) bond motifs is 1. The second-order valence-corrected chi connectivity index (χ2v) is 5.79. The van der Waals surface area contributed by atoms with Crippen molar-refractivity contribution in [3.05, 3.63) is 42.5 Å². The molecule has 0 radical (unpaired) electrons. The molecule has 6 nitrogen and oxygen atoms in total. The van der Waals surface area contributed by atoms with E-state index in [0.717, 1.165) is 23.4 Å². The van der Waals surface area contributed by atoms with Crippen LogP contribution in [0.4, 0.5) is 0 Å². The van der Waals surface area contributed by atoms with Gasteiger partial charge < -0.3 is 20.3 Å². The van der Waals surface area contributed by atoms with Crippen LogP contribution in [0.25, 0.3) is 10.8 Å². The van der Waals surface area contributed by atoms with Crippen LogP contribution in [0.3, 0.4) is 0 Å². The largest absolute Gasteiger partial charge is 0.493 e. The normalized spacial score (nSPS) is 13.2. The van der Waals surface area contributed by atoms with Crippen LogP contribution in [0.5, 0.6) is 5.75 Å². The van der Waals surface area contributed by atoms with Crippen molar-refractivity contribution in [1.82, 2.24) is 5.32 Å². The van der Waals surface area contributed by atoms with Gasteiger partial charge in [0.1, 0.15) is 5.75 Å². The third-order valence-corrected chi connectivity index (χ3v) is 3.65. The van der Waals surface area contributed by atoms with Gasteiger partial charge in [0.25, 0.3) is 0 Å². The average molecular weight is 331 g/mol. The molecule has 1 unspecified atom stereocenters. The van der Waals surface area contributed by atoms with Gasteiger partial charge in [0.2, 0.25) is 5.91 Å². The first-order chi connectivity index (χ1) is 11.4. The third-order valence-electron chi connectivity index (χ3n) is 3.65. The molecular formula is C18H21NO5. The summed E-state index contributed by atoms with van der Waals surface area (Å²) in [5, 5.41) is 22.8. The Labute approximate surface area is 140 Å². The highest BCUT2D eigenvalue weighted by Gasteiger charge is 2.30. The first kappa shape index (κ1) is 17.7. The number of carboxylic acids is 1. The third kappa shape index (κ3) is 4.70. The Morgan fingerprint density at radius 1 is 1.17 bits per heavy atom. The lowest BCUT2D eigenvalue weighted by Gasteiger charge is -2.18. The Morgan fingerprint density at radius 2 is 1.88 bits per heavy atom. The zero-order chi connectivity index (χ0) is 17.6. The maximum absolute atomic E-state index is 11.7. The zero-order valence-corrected chi connectivity index (χ0v) is 13.5. The van der Waals surface area contributed by atoms with Crippen LogP contribution in [0.15, 0.2) is 42.5 Å². The Balaban J connectivity index is 1.76. The van der Waals surface area contributed by atoms with Crippen molar-refractivity contribution >= 4 is 22.6 Å². The van der Waals surface area contributed by atoms with Gasteiger partial charge in [-0.15, -0.1) is 0 Å². The van der Waals surface area contributed by atoms with Crippen molar-refractivity contribution in [2.24, 2.45) is 0 Å². The van der Waals surface area contributed by atoms with Gasteiger partial charge in [-0.25, -0.2) is 4.79 Å². The fourth-order valence-electron chi connectivity index (χ4n) is 2.17. The molecule has 0 aliphatic carbocycles. The highest BCUT2D eigenvalue weighted by atomic mass is 16.5. The Bertz CT molecular complexity index is 721. The average Bonchev–Trinajstić information content (AvgIpc) is 2.57. The van der Waals surface area contributed by atoms with Crippen molar-refractivity contribution in [1.29, 1.82) is 0 Å². The Hall–Kier alpha value is -2.60. The standard InChI is InChI=1S/C18H21NO5/c1-18(23,17(21)22)12-19-16(20)10-5-11-24-15-9-4-7-13-6-2-3-8-14(13)15/h2-4,6-9,23H,5,10-12H2,1H3,(H,19,20)(H,21,22). The van der Waals surface area contributed by atoms with Crippen LogP contribution in [-0.2, 0) is 9.59 Å². The summed E-state index contributed by atoms with van der Waals surface area (Å²) in [6.45, 7) is 1.18. The molecule has 0 fully saturated rings. The molecule has 24 heavy (non-hydrogen) atoms. The van der Waals surface area contributed by atoms with Gasteiger partial charge in [-0.1, -0.05) is 36.4 Å². The maximum Gasteiger partial charge on any atom is 0.337 e. The van der Waals surface area contributed by atoms with Crippen LogP contribution in [0.2, 0.25) is 0 Å². The predicted octanol–water partition coefficient (Wildman–Crippen LogP) is 1.95. The summed E-state index contributed by atoms with van der Waals surface area (Å²) < 4.78 is 5.73. The van der Waals surface area contributed by atoms with Crippen molar-refractivity contribution in [3.8, 4) is 5.75 Å². The van der Waals surface area contributed by atoms with Crippen LogP contribution < -0.4 is 10.1 Å². The van der Waals surface area contributed by atoms with E-state index in [2.05, 4.69) is 5.32 Å². The first-order valence-corrected chi connectivity index (χ1v) is 7.73. The number of hydrogen-bond donors (Lipinski definition) is 3. The minimum absolute atomic E-state index is 0.195. The molecule has 1 amide bonds. The minimum atomic E-state index is -1.96. The summed E-state index contributed by atoms with van der Waals surface area (Å²) in [5.74, 6) is -0.928. The molecule has 0 spiro atoms. The second kappa shape index (κ2) is 7.79. The summed E-state index contributed by atoms with van der Waals surface area (Å²) >= 11 is 0. The van der Waals surface area contributed by atoms with Crippen molar-refractivity contribution < 1.29 is 24.5 Å². The molecule has 2 aromatic rings. The van der Waals surface area contributed by atoms with Gasteiger partial charge in [0.15, 0.2) is 5.60 Å². The van der Waals surface area contributed by atoms with E-state index in [-0.39, 0.29) is 18.9 Å². The van der Waals surface area contributed by atoms with Crippen LogP contribution >= 0.6 is 0 Å². The fourth-order valence-corrected chi connectivity index (χ4v) is 2.17. The van der Waals surface area contributed by atoms with E-state index < -0.39 is 11.6 Å². The van der Waals surface area contributed by atoms with E-state index in [4.69, 9.17) is 9.84 Å². The summed E-state index contributed by atoms with van der Waals surface area (Å²) in [6.07, 6.45) is 0.685. The number of carboxylic acid groups (broad SMARTS) is 1. The number of aliphatic hydroxyl groups is 1. The summed E-state index contributed by atoms with van der Waals surface area (Å²) in [6, 6.07) is 13.7. The number of hydrogen-bond acceptors (Lipinski definition) is 4. The van der Waals surface area contributed by atoms with Crippen LogP contribution in [0.1, 0.15) is 19.8 Å². The number of carbonyl (C=O) groups is 2. The van der Waals surface area contributed by atoms with E-state index in [1.165, 1.54) is 0 Å². The zero-order valence-electron chi connectivity index (χ0n) is 13.5. The quantitative estimate of drug-likeness (QED) is 0.643. The molecule has 0 aliphatic rings. The summed E-state index contributed by atoms with van der Waals surface area (Å²) in [5.41, 5.74) is -1.96. The number of carbonyl (C=O) groups excluding carboxylic acids is 1. The van der Waals surface area contributed by atoms with Crippen molar-refractivity contribution in [2.45, 2.75) is 25.4 Å². The number of aliphatic carboxylic acids is 1. The van der Waals surface area contributed by atoms with E-state index in [1.54, 1.807) is 0 Å². The SMILES string of the molecule is CC(O)(CNC(=O)CCCOc1cccc2ccccc12)C(=O)O. The predicted molar refractivity (Wildman–Crippen MR) is 89.9 cm³/mol. The van der Waals surface area contributed by atoms with Gasteiger partial charge in [0.05, 0.1) is 13.2 Å². The highest BCUT2D eigenvalue weighted by molar-refractivity contribution is 5.88. The van der Waals surface area contributed by atoms with Gasteiger partial charge >= 0.3 is 5.97 Å². The van der Waals surface area contributed by atoms with Gasteiger partial charge in [0, 0.05) is 11.8 Å². The molecule has 1 atom stereocenters. The number of rotatable bonds is 8. The lowest BCUT2D eigenvalue weighted by atomic mass is 10.1. The molecule has 0 bridgehead atoms. The molecule has 0 saturated carbocycles. The topological polar surface area (TPSA) is 95.9 Å². The molecule has 2 rings (SSSR count). The smallest absolute Gasteiger partial charge is 0.337 e. The number of ether oxygens (including phenoxy) is 1. The minimum Gasteiger partial charge on any atom is -0.493 e. The fraction of sp³-hybridized carbons (Fsp3) is 0.333. The summed E-state index contributed by atoms with van der Waals surface area (Å²) in [7, 11) is 0. The Morgan fingerprint density at radius 3 is 2.62 bits per heavy atom. The molecule has 0 aliphatic heterocycles. The van der Waals surface area contributed by atoms with Crippen molar-refractivity contribution in [2.75, 3.05) is 13.2 Å². The first-order valence-electron chi connectivity index (χ1n) is 7.73. The molecule has 0 heterocycles. The van der Waals surface area contributed by atoms with Crippen LogP contribution in [0, 0.1) is 0 Å².